The number of carbonyl (C=O) groups is 1. The first-order valence-corrected chi connectivity index (χ1v) is 6.19. The third kappa shape index (κ3) is 1.84. The van der Waals surface area contributed by atoms with Crippen LogP contribution in [-0.4, -0.2) is 37.4 Å². The summed E-state index contributed by atoms with van der Waals surface area (Å²) >= 11 is 0. The molecule has 0 radical (unpaired) electrons. The number of carboxylic acids is 1. The van der Waals surface area contributed by atoms with Gasteiger partial charge in [-0.05, 0) is 38.6 Å². The molecule has 2 rings (SSSR count). The van der Waals surface area contributed by atoms with E-state index in [1.54, 1.807) is 0 Å². The van der Waals surface area contributed by atoms with E-state index in [1.165, 1.54) is 0 Å². The quantitative estimate of drug-likeness (QED) is 0.759. The van der Waals surface area contributed by atoms with Gasteiger partial charge in [-0.1, -0.05) is 6.42 Å². The minimum absolute atomic E-state index is 0.114. The van der Waals surface area contributed by atoms with E-state index in [0.29, 0.717) is 5.92 Å². The molecule has 1 atom stereocenters. The second-order valence-electron chi connectivity index (χ2n) is 5.03. The lowest BCUT2D eigenvalue weighted by Crippen LogP contribution is -2.57. The van der Waals surface area contributed by atoms with Crippen molar-refractivity contribution in [3.05, 3.63) is 0 Å². The van der Waals surface area contributed by atoms with Crippen LogP contribution >= 0.6 is 0 Å². The highest BCUT2D eigenvalue weighted by atomic mass is 16.5. The van der Waals surface area contributed by atoms with E-state index in [0.717, 1.165) is 45.3 Å². The molecule has 0 aromatic carbocycles. The number of hydrogen-bond acceptors (Lipinski definition) is 3. The molecular formula is C12H21NO3. The standard InChI is InChI=1S/C12H21NO3/c1-13-10(9-3-7-16-8-4-9)12(11(14)15)5-2-6-12/h9-10,13H,2-8H2,1H3,(H,14,15). The first kappa shape index (κ1) is 11.9. The predicted octanol–water partition coefficient (Wildman–Crippen LogP) is 1.26. The van der Waals surface area contributed by atoms with Crippen molar-refractivity contribution in [1.82, 2.24) is 5.32 Å². The van der Waals surface area contributed by atoms with Crippen LogP contribution in [0.15, 0.2) is 0 Å². The molecule has 2 N–H and O–H groups in total. The van der Waals surface area contributed by atoms with Crippen molar-refractivity contribution in [3.63, 3.8) is 0 Å². The van der Waals surface area contributed by atoms with Gasteiger partial charge in [0.15, 0.2) is 0 Å². The zero-order valence-corrected chi connectivity index (χ0v) is 9.87. The highest BCUT2D eigenvalue weighted by Gasteiger charge is 2.52. The normalized spacial score (nSPS) is 27.1. The monoisotopic (exact) mass is 227 g/mol. The lowest BCUT2D eigenvalue weighted by atomic mass is 9.60. The van der Waals surface area contributed by atoms with Gasteiger partial charge in [-0.25, -0.2) is 0 Å². The van der Waals surface area contributed by atoms with Crippen LogP contribution in [0.25, 0.3) is 0 Å². The average Bonchev–Trinajstić information content (AvgIpc) is 2.23. The Kier molecular flexibility index (Phi) is 3.50. The number of aliphatic carboxylic acids is 1. The van der Waals surface area contributed by atoms with Crippen LogP contribution < -0.4 is 5.32 Å². The molecule has 1 aliphatic carbocycles. The van der Waals surface area contributed by atoms with Gasteiger partial charge < -0.3 is 15.2 Å². The molecule has 1 unspecified atom stereocenters. The molecule has 0 spiro atoms. The van der Waals surface area contributed by atoms with E-state index in [-0.39, 0.29) is 6.04 Å². The zero-order chi connectivity index (χ0) is 11.6. The predicted molar refractivity (Wildman–Crippen MR) is 60.3 cm³/mol. The summed E-state index contributed by atoms with van der Waals surface area (Å²) in [6.45, 7) is 1.55. The van der Waals surface area contributed by atoms with Crippen molar-refractivity contribution in [2.75, 3.05) is 20.3 Å². The van der Waals surface area contributed by atoms with Crippen LogP contribution in [0.5, 0.6) is 0 Å². The molecule has 92 valence electrons. The van der Waals surface area contributed by atoms with Crippen molar-refractivity contribution < 1.29 is 14.6 Å². The van der Waals surface area contributed by atoms with E-state index in [2.05, 4.69) is 5.32 Å². The first-order chi connectivity index (χ1) is 7.70. The Morgan fingerprint density at radius 2 is 2.06 bits per heavy atom. The first-order valence-electron chi connectivity index (χ1n) is 6.19. The summed E-state index contributed by atoms with van der Waals surface area (Å²) in [5.41, 5.74) is -0.503. The summed E-state index contributed by atoms with van der Waals surface area (Å²) in [6, 6.07) is 0.114. The highest BCUT2D eigenvalue weighted by Crippen LogP contribution is 2.47. The molecule has 1 saturated carbocycles. The molecule has 1 heterocycles. The Labute approximate surface area is 96.4 Å². The molecule has 1 saturated heterocycles. The number of carboxylic acid groups (broad SMARTS) is 1. The van der Waals surface area contributed by atoms with Crippen LogP contribution in [0.3, 0.4) is 0 Å². The second-order valence-corrected chi connectivity index (χ2v) is 5.03. The molecule has 16 heavy (non-hydrogen) atoms. The van der Waals surface area contributed by atoms with Gasteiger partial charge >= 0.3 is 5.97 Å². The van der Waals surface area contributed by atoms with Gasteiger partial charge in [0.2, 0.25) is 0 Å². The third-order valence-corrected chi connectivity index (χ3v) is 4.32. The van der Waals surface area contributed by atoms with Crippen molar-refractivity contribution in [3.8, 4) is 0 Å². The summed E-state index contributed by atoms with van der Waals surface area (Å²) in [4.78, 5) is 11.5. The summed E-state index contributed by atoms with van der Waals surface area (Å²) in [5.74, 6) is -0.167. The van der Waals surface area contributed by atoms with E-state index in [1.807, 2.05) is 7.05 Å². The Morgan fingerprint density at radius 3 is 2.44 bits per heavy atom. The van der Waals surface area contributed by atoms with Crippen molar-refractivity contribution >= 4 is 5.97 Å². The van der Waals surface area contributed by atoms with E-state index < -0.39 is 11.4 Å². The number of rotatable bonds is 4. The van der Waals surface area contributed by atoms with E-state index >= 15 is 0 Å². The smallest absolute Gasteiger partial charge is 0.311 e. The molecule has 0 aromatic heterocycles. The SMILES string of the molecule is CNC(C1CCOCC1)C1(C(=O)O)CCC1. The Balaban J connectivity index is 2.10. The van der Waals surface area contributed by atoms with E-state index in [9.17, 15) is 9.90 Å². The molecule has 4 nitrogen and oxygen atoms in total. The van der Waals surface area contributed by atoms with E-state index in [4.69, 9.17) is 4.74 Å². The summed E-state index contributed by atoms with van der Waals surface area (Å²) in [7, 11) is 1.89. The van der Waals surface area contributed by atoms with Crippen LogP contribution in [0, 0.1) is 11.3 Å². The van der Waals surface area contributed by atoms with Crippen molar-refractivity contribution in [1.29, 1.82) is 0 Å². The molecular weight excluding hydrogens is 206 g/mol. The fourth-order valence-corrected chi connectivity index (χ4v) is 3.23. The van der Waals surface area contributed by atoms with Crippen LogP contribution in [0.2, 0.25) is 0 Å². The largest absolute Gasteiger partial charge is 0.481 e. The number of nitrogens with one attached hydrogen (secondary N) is 1. The lowest BCUT2D eigenvalue weighted by molar-refractivity contribution is -0.160. The van der Waals surface area contributed by atoms with Gasteiger partial charge in [-0.3, -0.25) is 4.79 Å². The molecule has 0 aromatic rings. The van der Waals surface area contributed by atoms with Crippen molar-refractivity contribution in [2.45, 2.75) is 38.1 Å². The topological polar surface area (TPSA) is 58.6 Å². The minimum atomic E-state index is -0.621. The Hall–Kier alpha value is -0.610. The Morgan fingerprint density at radius 1 is 1.44 bits per heavy atom. The maximum Gasteiger partial charge on any atom is 0.311 e. The summed E-state index contributed by atoms with van der Waals surface area (Å²) in [6.07, 6.45) is 4.67. The van der Waals surface area contributed by atoms with Gasteiger partial charge in [-0.15, -0.1) is 0 Å². The number of ether oxygens (including phenoxy) is 1. The molecule has 1 aliphatic heterocycles. The minimum Gasteiger partial charge on any atom is -0.481 e. The fourth-order valence-electron chi connectivity index (χ4n) is 3.23. The fraction of sp³-hybridized carbons (Fsp3) is 0.917. The van der Waals surface area contributed by atoms with Gasteiger partial charge in [0, 0.05) is 19.3 Å². The van der Waals surface area contributed by atoms with Crippen LogP contribution in [0.1, 0.15) is 32.1 Å². The summed E-state index contributed by atoms with van der Waals surface area (Å²) < 4.78 is 5.34. The van der Waals surface area contributed by atoms with Crippen LogP contribution in [-0.2, 0) is 9.53 Å². The zero-order valence-electron chi connectivity index (χ0n) is 9.87. The average molecular weight is 227 g/mol. The van der Waals surface area contributed by atoms with Crippen molar-refractivity contribution in [2.24, 2.45) is 11.3 Å². The second kappa shape index (κ2) is 4.72. The summed E-state index contributed by atoms with van der Waals surface area (Å²) in [5, 5.41) is 12.7. The molecule has 2 aliphatic rings. The van der Waals surface area contributed by atoms with Gasteiger partial charge in [0.1, 0.15) is 0 Å². The van der Waals surface area contributed by atoms with Crippen LogP contribution in [0.4, 0.5) is 0 Å². The molecule has 2 fully saturated rings. The number of hydrogen-bond donors (Lipinski definition) is 2. The van der Waals surface area contributed by atoms with Gasteiger partial charge in [-0.2, -0.15) is 0 Å². The van der Waals surface area contributed by atoms with Gasteiger partial charge in [0.05, 0.1) is 5.41 Å². The molecule has 4 heteroatoms. The van der Waals surface area contributed by atoms with Gasteiger partial charge in [0.25, 0.3) is 0 Å². The Bertz CT molecular complexity index is 257. The maximum absolute atomic E-state index is 11.5. The lowest BCUT2D eigenvalue weighted by Gasteiger charge is -2.48. The molecule has 0 bridgehead atoms. The maximum atomic E-state index is 11.5. The molecule has 0 amide bonds. The third-order valence-electron chi connectivity index (χ3n) is 4.32. The highest BCUT2D eigenvalue weighted by molar-refractivity contribution is 5.76.